The van der Waals surface area contributed by atoms with Crippen LogP contribution >= 0.6 is 0 Å². The first-order valence-corrected chi connectivity index (χ1v) is 12.7. The summed E-state index contributed by atoms with van der Waals surface area (Å²) >= 11 is 0. The minimum atomic E-state index is -1.77. The van der Waals surface area contributed by atoms with Crippen molar-refractivity contribution in [3.05, 3.63) is 33.1 Å². The topological polar surface area (TPSA) is 250 Å². The number of amides is 1. The molecule has 3 fully saturated rings. The zero-order chi connectivity index (χ0) is 29.6. The second-order valence-corrected chi connectivity index (χ2v) is 10.4. The molecular weight excluding hydrogens is 538 g/mol. The third-order valence-corrected chi connectivity index (χ3v) is 7.74. The van der Waals surface area contributed by atoms with Crippen LogP contribution in [0.15, 0.2) is 21.9 Å². The largest absolute Gasteiger partial charge is 0.480 e. The van der Waals surface area contributed by atoms with Crippen molar-refractivity contribution >= 4 is 11.9 Å². The number of nitrogens with two attached hydrogens (primary N) is 1. The normalized spacial score (nSPS) is 39.9. The Hall–Kier alpha value is -2.74. The van der Waals surface area contributed by atoms with Gasteiger partial charge in [-0.15, -0.1) is 0 Å². The molecule has 0 spiro atoms. The van der Waals surface area contributed by atoms with E-state index in [2.05, 4.69) is 0 Å². The lowest BCUT2D eigenvalue weighted by Crippen LogP contribution is -2.59. The number of nitrogens with one attached hydrogen (secondary N) is 1. The number of rotatable bonds is 7. The summed E-state index contributed by atoms with van der Waals surface area (Å²) in [6.45, 7) is 1.55. The van der Waals surface area contributed by atoms with Crippen LogP contribution in [-0.2, 0) is 23.8 Å². The molecule has 17 nitrogen and oxygen atoms in total. The number of carbonyl (C=O) groups is 2. The number of carboxylic acids is 1. The van der Waals surface area contributed by atoms with E-state index in [4.69, 9.17) is 19.9 Å². The van der Waals surface area contributed by atoms with Gasteiger partial charge in [0.05, 0.1) is 0 Å². The first-order chi connectivity index (χ1) is 18.8. The molecule has 0 aliphatic carbocycles. The van der Waals surface area contributed by atoms with Gasteiger partial charge in [-0.1, -0.05) is 6.92 Å². The van der Waals surface area contributed by atoms with E-state index in [1.54, 1.807) is 6.92 Å². The molecule has 3 saturated heterocycles. The quantitative estimate of drug-likeness (QED) is 0.161. The van der Waals surface area contributed by atoms with Crippen molar-refractivity contribution < 1.29 is 49.3 Å². The summed E-state index contributed by atoms with van der Waals surface area (Å²) in [6, 6.07) is -1.54. The highest BCUT2D eigenvalue weighted by atomic mass is 16.7. The minimum absolute atomic E-state index is 0.0773. The fourth-order valence-corrected chi connectivity index (χ4v) is 5.71. The number of aliphatic hydroxyl groups is 4. The van der Waals surface area contributed by atoms with Gasteiger partial charge >= 0.3 is 11.7 Å². The fourth-order valence-electron chi connectivity index (χ4n) is 5.71. The van der Waals surface area contributed by atoms with Crippen LogP contribution in [0.4, 0.5) is 0 Å². The average molecular weight is 574 g/mol. The third kappa shape index (κ3) is 5.31. The van der Waals surface area contributed by atoms with E-state index < -0.39 is 96.4 Å². The van der Waals surface area contributed by atoms with Gasteiger partial charge in [0.25, 0.3) is 5.56 Å². The van der Waals surface area contributed by atoms with E-state index in [-0.39, 0.29) is 13.1 Å². The first-order valence-electron chi connectivity index (χ1n) is 12.7. The number of hydrogen-bond donors (Lipinski definition) is 7. The Morgan fingerprint density at radius 1 is 1.12 bits per heavy atom. The number of aliphatic carboxylic acids is 1. The van der Waals surface area contributed by atoms with Gasteiger partial charge in [0.15, 0.2) is 12.5 Å². The number of nitrogens with zero attached hydrogens (tertiary/aromatic N) is 3. The molecule has 12 unspecified atom stereocenters. The first kappa shape index (κ1) is 30.2. The Kier molecular flexibility index (Phi) is 8.79. The van der Waals surface area contributed by atoms with E-state index >= 15 is 0 Å². The standard InChI is InChI=1S/C23H35N5O12/c1-8-7-26(2)12(19(34)27(3)11(8)21(35)36)17(40-22-16(33)13(30)9(6-24)38-22)18-14(31)15(32)20(39-18)28-5-4-10(29)25-23(28)37/h4-5,8-9,11-18,20,22,30-33H,6-7,24H2,1-3H3,(H,35,36)(H,25,29,37). The predicted molar refractivity (Wildman–Crippen MR) is 132 cm³/mol. The van der Waals surface area contributed by atoms with Gasteiger partial charge in [-0.05, 0) is 7.05 Å². The Balaban J connectivity index is 1.75. The number of aromatic amines is 1. The van der Waals surface area contributed by atoms with Crippen LogP contribution in [0.25, 0.3) is 0 Å². The summed E-state index contributed by atoms with van der Waals surface area (Å²) < 4.78 is 18.3. The third-order valence-electron chi connectivity index (χ3n) is 7.74. The molecule has 8 N–H and O–H groups in total. The van der Waals surface area contributed by atoms with Crippen LogP contribution in [0.3, 0.4) is 0 Å². The summed E-state index contributed by atoms with van der Waals surface area (Å²) in [7, 11) is 2.83. The van der Waals surface area contributed by atoms with Gasteiger partial charge < -0.3 is 50.4 Å². The van der Waals surface area contributed by atoms with Crippen LogP contribution in [0.1, 0.15) is 13.2 Å². The van der Waals surface area contributed by atoms with Gasteiger partial charge in [-0.2, -0.15) is 0 Å². The van der Waals surface area contributed by atoms with Crippen LogP contribution in [0.5, 0.6) is 0 Å². The minimum Gasteiger partial charge on any atom is -0.480 e. The molecule has 3 aliphatic rings. The molecule has 1 aromatic heterocycles. The predicted octanol–water partition coefficient (Wildman–Crippen LogP) is -5.19. The van der Waals surface area contributed by atoms with Crippen molar-refractivity contribution in [3.63, 3.8) is 0 Å². The summed E-state index contributed by atoms with van der Waals surface area (Å²) in [5, 5.41) is 52.6. The highest BCUT2D eigenvalue weighted by Gasteiger charge is 2.56. The Morgan fingerprint density at radius 3 is 2.38 bits per heavy atom. The number of aliphatic hydroxyl groups excluding tert-OH is 4. The summed E-state index contributed by atoms with van der Waals surface area (Å²) in [5.41, 5.74) is 3.96. The second-order valence-electron chi connectivity index (χ2n) is 10.4. The number of H-pyrrole nitrogens is 1. The molecule has 1 aromatic rings. The van der Waals surface area contributed by atoms with Crippen LogP contribution in [0, 0.1) is 5.92 Å². The second kappa shape index (κ2) is 11.6. The highest BCUT2D eigenvalue weighted by Crippen LogP contribution is 2.36. The Bertz CT molecular complexity index is 1210. The van der Waals surface area contributed by atoms with Crippen molar-refractivity contribution in [2.45, 2.75) is 74.3 Å². The molecule has 4 rings (SSSR count). The zero-order valence-electron chi connectivity index (χ0n) is 22.0. The molecule has 3 aliphatic heterocycles. The van der Waals surface area contributed by atoms with Gasteiger partial charge in [-0.25, -0.2) is 9.59 Å². The molecule has 4 heterocycles. The van der Waals surface area contributed by atoms with Crippen molar-refractivity contribution in [3.8, 4) is 0 Å². The molecule has 1 amide bonds. The lowest BCUT2D eigenvalue weighted by atomic mass is 9.97. The number of likely N-dealkylation sites (N-methyl/N-ethyl adjacent to an activating group) is 2. The molecule has 0 saturated carbocycles. The van der Waals surface area contributed by atoms with E-state index in [0.29, 0.717) is 0 Å². The molecule has 0 bridgehead atoms. The maximum absolute atomic E-state index is 13.8. The monoisotopic (exact) mass is 573 g/mol. The highest BCUT2D eigenvalue weighted by molar-refractivity contribution is 5.88. The van der Waals surface area contributed by atoms with Crippen molar-refractivity contribution in [2.24, 2.45) is 11.7 Å². The van der Waals surface area contributed by atoms with E-state index in [9.17, 15) is 44.7 Å². The number of ether oxygens (including phenoxy) is 3. The molecule has 17 heteroatoms. The summed E-state index contributed by atoms with van der Waals surface area (Å²) in [5.74, 6) is -2.52. The number of carbonyl (C=O) groups excluding carboxylic acids is 1. The molecule has 40 heavy (non-hydrogen) atoms. The maximum atomic E-state index is 13.8. The summed E-state index contributed by atoms with van der Waals surface area (Å²) in [4.78, 5) is 54.2. The summed E-state index contributed by atoms with van der Waals surface area (Å²) in [6.07, 6.45) is -12.7. The Labute approximate surface area is 227 Å². The fraction of sp³-hybridized carbons (Fsp3) is 0.739. The number of carboxylic acid groups (broad SMARTS) is 1. The molecular formula is C23H35N5O12. The van der Waals surface area contributed by atoms with Crippen LogP contribution < -0.4 is 17.0 Å². The lowest BCUT2D eigenvalue weighted by Gasteiger charge is -2.38. The van der Waals surface area contributed by atoms with Crippen molar-refractivity contribution in [1.82, 2.24) is 19.4 Å². The number of aromatic nitrogens is 2. The van der Waals surface area contributed by atoms with Gasteiger partial charge in [-0.3, -0.25) is 24.0 Å². The van der Waals surface area contributed by atoms with Gasteiger partial charge in [0, 0.05) is 38.3 Å². The van der Waals surface area contributed by atoms with E-state index in [1.165, 1.54) is 19.0 Å². The molecule has 224 valence electrons. The Morgan fingerprint density at radius 2 is 1.80 bits per heavy atom. The zero-order valence-corrected chi connectivity index (χ0v) is 22.0. The SMILES string of the molecule is CC1CN(C)C(C(OC2OC(CN)C(O)C2O)C2OC(n3ccc(=O)[nH]c3=O)C(O)C2O)C(=O)N(C)C1C(=O)O. The number of hydrogen-bond acceptors (Lipinski definition) is 13. The van der Waals surface area contributed by atoms with Crippen LogP contribution in [0.2, 0.25) is 0 Å². The van der Waals surface area contributed by atoms with Crippen molar-refractivity contribution in [2.75, 3.05) is 27.2 Å². The smallest absolute Gasteiger partial charge is 0.330 e. The average Bonchev–Trinajstić information content (AvgIpc) is 3.29. The lowest BCUT2D eigenvalue weighted by molar-refractivity contribution is -0.233. The molecule has 0 radical (unpaired) electrons. The van der Waals surface area contributed by atoms with Crippen molar-refractivity contribution in [1.29, 1.82) is 0 Å². The van der Waals surface area contributed by atoms with Gasteiger partial charge in [0.2, 0.25) is 5.91 Å². The van der Waals surface area contributed by atoms with Gasteiger partial charge in [0.1, 0.15) is 54.8 Å². The van der Waals surface area contributed by atoms with E-state index in [1.807, 2.05) is 4.98 Å². The molecule has 0 aromatic carbocycles. The van der Waals surface area contributed by atoms with Crippen LogP contribution in [-0.4, -0.2) is 145 Å². The molecule has 12 atom stereocenters. The maximum Gasteiger partial charge on any atom is 0.330 e. The van der Waals surface area contributed by atoms with E-state index in [0.717, 1.165) is 21.7 Å².